The van der Waals surface area contributed by atoms with Crippen LogP contribution >= 0.6 is 23.2 Å². The molecular formula is C27H21Cl2N5O3. The molecular weight excluding hydrogens is 513 g/mol. The maximum absolute atomic E-state index is 14.2. The molecule has 0 bridgehead atoms. The van der Waals surface area contributed by atoms with E-state index in [1.165, 1.54) is 23.1 Å². The fraction of sp³-hybridized carbons (Fsp3) is 0.222. The Labute approximate surface area is 223 Å². The molecule has 2 unspecified atom stereocenters. The molecule has 1 spiro atoms. The second-order valence-electron chi connectivity index (χ2n) is 9.09. The number of pyridine rings is 1. The third kappa shape index (κ3) is 4.20. The Hall–Kier alpha value is -3.93. The number of nitriles is 1. The lowest BCUT2D eigenvalue weighted by atomic mass is 9.80. The Morgan fingerprint density at radius 1 is 1.11 bits per heavy atom. The number of benzene rings is 2. The summed E-state index contributed by atoms with van der Waals surface area (Å²) in [7, 11) is 1.57. The molecule has 8 nitrogen and oxygen atoms in total. The van der Waals surface area contributed by atoms with Crippen LogP contribution in [0.1, 0.15) is 22.7 Å². The maximum Gasteiger partial charge on any atom is 0.332 e. The van der Waals surface area contributed by atoms with Gasteiger partial charge in [-0.1, -0.05) is 41.4 Å². The molecule has 186 valence electrons. The van der Waals surface area contributed by atoms with Gasteiger partial charge in [0.15, 0.2) is 0 Å². The van der Waals surface area contributed by atoms with Crippen molar-refractivity contribution in [3.05, 3.63) is 93.7 Å². The van der Waals surface area contributed by atoms with E-state index in [-0.39, 0.29) is 41.2 Å². The van der Waals surface area contributed by atoms with Crippen LogP contribution in [0.5, 0.6) is 0 Å². The minimum Gasteiger partial charge on any atom is -0.339 e. The molecule has 0 N–H and O–H groups in total. The van der Waals surface area contributed by atoms with Crippen LogP contribution in [0.15, 0.2) is 66.9 Å². The number of hydrogen-bond donors (Lipinski definition) is 0. The van der Waals surface area contributed by atoms with Crippen molar-refractivity contribution in [3.8, 4) is 6.07 Å². The first-order valence-electron chi connectivity index (χ1n) is 11.5. The Bertz CT molecular complexity index is 1420. The Kier molecular flexibility index (Phi) is 6.36. The number of likely N-dealkylation sites (tertiary alicyclic amines) is 1. The normalized spacial score (nSPS) is 21.1. The van der Waals surface area contributed by atoms with Gasteiger partial charge in [0.05, 0.1) is 30.3 Å². The van der Waals surface area contributed by atoms with Crippen LogP contribution in [0, 0.1) is 11.3 Å². The molecule has 5 rings (SSSR count). The van der Waals surface area contributed by atoms with Crippen molar-refractivity contribution in [2.24, 2.45) is 0 Å². The number of halogens is 2. The third-order valence-electron chi connectivity index (χ3n) is 7.02. The fourth-order valence-corrected chi connectivity index (χ4v) is 5.68. The van der Waals surface area contributed by atoms with Gasteiger partial charge in [-0.2, -0.15) is 5.26 Å². The molecule has 2 aliphatic heterocycles. The van der Waals surface area contributed by atoms with E-state index in [1.54, 1.807) is 54.5 Å². The van der Waals surface area contributed by atoms with Crippen molar-refractivity contribution in [1.29, 1.82) is 5.26 Å². The zero-order valence-electron chi connectivity index (χ0n) is 19.8. The smallest absolute Gasteiger partial charge is 0.332 e. The largest absolute Gasteiger partial charge is 0.339 e. The molecule has 2 fully saturated rings. The van der Waals surface area contributed by atoms with E-state index in [2.05, 4.69) is 11.1 Å². The Balaban J connectivity index is 1.57. The first kappa shape index (κ1) is 24.8. The minimum absolute atomic E-state index is 0.00913. The Morgan fingerprint density at radius 3 is 2.43 bits per heavy atom. The summed E-state index contributed by atoms with van der Waals surface area (Å²) in [6.07, 6.45) is 1.69. The molecule has 2 aliphatic rings. The van der Waals surface area contributed by atoms with Gasteiger partial charge in [0.25, 0.3) is 5.91 Å². The third-order valence-corrected chi connectivity index (χ3v) is 7.46. The lowest BCUT2D eigenvalue weighted by Gasteiger charge is -2.33. The number of nitrogens with zero attached hydrogens (tertiary/aromatic N) is 5. The van der Waals surface area contributed by atoms with Crippen molar-refractivity contribution in [2.75, 3.05) is 25.0 Å². The average molecular weight is 534 g/mol. The van der Waals surface area contributed by atoms with Crippen molar-refractivity contribution in [3.63, 3.8) is 0 Å². The zero-order valence-corrected chi connectivity index (χ0v) is 21.3. The highest BCUT2D eigenvalue weighted by Gasteiger charge is 2.65. The van der Waals surface area contributed by atoms with E-state index < -0.39 is 23.4 Å². The number of rotatable bonds is 4. The average Bonchev–Trinajstić information content (AvgIpc) is 3.37. The SMILES string of the molecule is CN1C(=O)N(c2cc(Cl)cc(Cl)c2)C(=O)C12CN(C(=O)Cc1ccccn1)CC2c1ccc(C#N)cc1. The van der Waals surface area contributed by atoms with Gasteiger partial charge in [-0.15, -0.1) is 0 Å². The molecule has 3 aromatic rings. The first-order chi connectivity index (χ1) is 17.7. The highest BCUT2D eigenvalue weighted by Crippen LogP contribution is 2.46. The quantitative estimate of drug-likeness (QED) is 0.466. The van der Waals surface area contributed by atoms with E-state index in [0.717, 1.165) is 10.5 Å². The predicted molar refractivity (Wildman–Crippen MR) is 138 cm³/mol. The number of imide groups is 1. The van der Waals surface area contributed by atoms with Gasteiger partial charge in [0.2, 0.25) is 5.91 Å². The van der Waals surface area contributed by atoms with Gasteiger partial charge in [0.1, 0.15) is 5.54 Å². The molecule has 2 atom stereocenters. The van der Waals surface area contributed by atoms with Crippen LogP contribution in [0.3, 0.4) is 0 Å². The summed E-state index contributed by atoms with van der Waals surface area (Å²) in [4.78, 5) is 49.4. The van der Waals surface area contributed by atoms with Crippen LogP contribution in [0.2, 0.25) is 10.0 Å². The standard InChI is InChI=1S/C27H21Cl2N5O3/c1-32-26(37)34(22-11-19(28)10-20(29)12-22)25(36)27(32)16-33(24(35)13-21-4-2-3-9-31-21)15-23(27)18-7-5-17(14-30)6-8-18/h2-12,23H,13,15-16H2,1H3. The summed E-state index contributed by atoms with van der Waals surface area (Å²) in [6, 6.07) is 18.3. The molecule has 37 heavy (non-hydrogen) atoms. The number of carbonyl (C=O) groups excluding carboxylic acids is 3. The molecule has 2 saturated heterocycles. The van der Waals surface area contributed by atoms with E-state index in [1.807, 2.05) is 6.07 Å². The van der Waals surface area contributed by atoms with Gasteiger partial charge < -0.3 is 9.80 Å². The number of carbonyl (C=O) groups is 3. The van der Waals surface area contributed by atoms with Crippen molar-refractivity contribution in [2.45, 2.75) is 17.9 Å². The second-order valence-corrected chi connectivity index (χ2v) is 9.97. The molecule has 4 amide bonds. The minimum atomic E-state index is -1.36. The van der Waals surface area contributed by atoms with E-state index in [4.69, 9.17) is 23.2 Å². The monoisotopic (exact) mass is 533 g/mol. The first-order valence-corrected chi connectivity index (χ1v) is 12.3. The fourth-order valence-electron chi connectivity index (χ4n) is 5.16. The summed E-state index contributed by atoms with van der Waals surface area (Å²) in [5, 5.41) is 9.81. The lowest BCUT2D eigenvalue weighted by molar-refractivity contribution is -0.130. The number of anilines is 1. The lowest BCUT2D eigenvalue weighted by Crippen LogP contribution is -2.54. The molecule has 2 aromatic carbocycles. The second kappa shape index (κ2) is 9.51. The van der Waals surface area contributed by atoms with Gasteiger partial charge in [-0.25, -0.2) is 9.69 Å². The summed E-state index contributed by atoms with van der Waals surface area (Å²) in [5.74, 6) is -1.21. The van der Waals surface area contributed by atoms with Crippen LogP contribution < -0.4 is 4.90 Å². The molecule has 10 heteroatoms. The van der Waals surface area contributed by atoms with E-state index in [9.17, 15) is 19.6 Å². The summed E-state index contributed by atoms with van der Waals surface area (Å²) in [5.41, 5.74) is 0.719. The van der Waals surface area contributed by atoms with Crippen LogP contribution in [0.25, 0.3) is 0 Å². The van der Waals surface area contributed by atoms with Crippen LogP contribution in [-0.4, -0.2) is 58.3 Å². The van der Waals surface area contributed by atoms with E-state index >= 15 is 0 Å². The number of amides is 4. The topological polar surface area (TPSA) is 97.6 Å². The van der Waals surface area contributed by atoms with Gasteiger partial charge in [-0.05, 0) is 48.0 Å². The Morgan fingerprint density at radius 2 is 1.81 bits per heavy atom. The van der Waals surface area contributed by atoms with Gasteiger partial charge >= 0.3 is 6.03 Å². The van der Waals surface area contributed by atoms with Crippen molar-refractivity contribution < 1.29 is 14.4 Å². The van der Waals surface area contributed by atoms with Gasteiger partial charge in [0, 0.05) is 41.4 Å². The number of likely N-dealkylation sites (N-methyl/N-ethyl adjacent to an activating group) is 1. The number of urea groups is 1. The van der Waals surface area contributed by atoms with Crippen molar-refractivity contribution in [1.82, 2.24) is 14.8 Å². The number of hydrogen-bond acceptors (Lipinski definition) is 5. The maximum atomic E-state index is 14.2. The summed E-state index contributed by atoms with van der Waals surface area (Å²) < 4.78 is 0. The zero-order chi connectivity index (χ0) is 26.3. The molecule has 3 heterocycles. The highest BCUT2D eigenvalue weighted by molar-refractivity contribution is 6.35. The summed E-state index contributed by atoms with van der Waals surface area (Å²) >= 11 is 12.3. The van der Waals surface area contributed by atoms with Crippen LogP contribution in [0.4, 0.5) is 10.5 Å². The van der Waals surface area contributed by atoms with Gasteiger partial charge in [-0.3, -0.25) is 14.6 Å². The molecule has 0 aliphatic carbocycles. The summed E-state index contributed by atoms with van der Waals surface area (Å²) in [6.45, 7) is 0.222. The number of aromatic nitrogens is 1. The predicted octanol–water partition coefficient (Wildman–Crippen LogP) is 4.27. The van der Waals surface area contributed by atoms with Crippen molar-refractivity contribution >= 4 is 46.7 Å². The molecule has 1 aromatic heterocycles. The molecule has 0 radical (unpaired) electrons. The highest BCUT2D eigenvalue weighted by atomic mass is 35.5. The van der Waals surface area contributed by atoms with E-state index in [0.29, 0.717) is 11.3 Å². The molecule has 0 saturated carbocycles. The van der Waals surface area contributed by atoms with Crippen LogP contribution in [-0.2, 0) is 16.0 Å².